The van der Waals surface area contributed by atoms with Crippen LogP contribution in [0.2, 0.25) is 0 Å². The summed E-state index contributed by atoms with van der Waals surface area (Å²) in [6, 6.07) is 20.6. The number of amides is 2. The van der Waals surface area contributed by atoms with Crippen LogP contribution in [0.1, 0.15) is 34.0 Å². The molecule has 0 unspecified atom stereocenters. The first-order valence-electron chi connectivity index (χ1n) is 9.39. The molecule has 0 radical (unpaired) electrons. The zero-order valence-electron chi connectivity index (χ0n) is 16.8. The van der Waals surface area contributed by atoms with Crippen LogP contribution in [0.5, 0.6) is 5.75 Å². The number of rotatable bonds is 6. The van der Waals surface area contributed by atoms with Gasteiger partial charge in [0.05, 0.1) is 11.4 Å². The molecule has 0 aromatic heterocycles. The van der Waals surface area contributed by atoms with Crippen molar-refractivity contribution in [2.45, 2.75) is 27.4 Å². The highest BCUT2D eigenvalue weighted by molar-refractivity contribution is 6.07. The largest absolute Gasteiger partial charge is 0.489 e. The highest BCUT2D eigenvalue weighted by Crippen LogP contribution is 2.24. The molecule has 3 aromatic carbocycles. The van der Waals surface area contributed by atoms with E-state index in [0.717, 1.165) is 11.1 Å². The van der Waals surface area contributed by atoms with Crippen LogP contribution in [0.15, 0.2) is 66.7 Å². The molecule has 0 fully saturated rings. The van der Waals surface area contributed by atoms with Crippen molar-refractivity contribution in [1.82, 2.24) is 0 Å². The second kappa shape index (κ2) is 9.06. The van der Waals surface area contributed by atoms with E-state index in [-0.39, 0.29) is 11.8 Å². The Morgan fingerprint density at radius 1 is 0.828 bits per heavy atom. The normalized spacial score (nSPS) is 10.3. The molecule has 5 heteroatoms. The lowest BCUT2D eigenvalue weighted by molar-refractivity contribution is -0.114. The zero-order chi connectivity index (χ0) is 20.8. The fourth-order valence-electron chi connectivity index (χ4n) is 2.95. The quantitative estimate of drug-likeness (QED) is 0.618. The van der Waals surface area contributed by atoms with Gasteiger partial charge < -0.3 is 15.4 Å². The fourth-order valence-corrected chi connectivity index (χ4v) is 2.95. The average Bonchev–Trinajstić information content (AvgIpc) is 2.68. The van der Waals surface area contributed by atoms with Crippen LogP contribution < -0.4 is 15.4 Å². The third-order valence-electron chi connectivity index (χ3n) is 4.32. The minimum Gasteiger partial charge on any atom is -0.489 e. The molecule has 29 heavy (non-hydrogen) atoms. The number of nitrogens with one attached hydrogen (secondary N) is 2. The van der Waals surface area contributed by atoms with Gasteiger partial charge in [-0.2, -0.15) is 0 Å². The summed E-state index contributed by atoms with van der Waals surface area (Å²) in [5, 5.41) is 5.61. The zero-order valence-corrected chi connectivity index (χ0v) is 16.8. The van der Waals surface area contributed by atoms with Gasteiger partial charge in [0.2, 0.25) is 5.91 Å². The maximum absolute atomic E-state index is 12.8. The molecule has 3 aromatic rings. The van der Waals surface area contributed by atoms with Gasteiger partial charge in [0.25, 0.3) is 5.91 Å². The molecule has 0 heterocycles. The van der Waals surface area contributed by atoms with Crippen molar-refractivity contribution in [2.75, 3.05) is 10.6 Å². The highest BCUT2D eigenvalue weighted by atomic mass is 16.5. The van der Waals surface area contributed by atoms with Crippen LogP contribution >= 0.6 is 0 Å². The number of ether oxygens (including phenoxy) is 1. The number of anilines is 2. The molecular weight excluding hydrogens is 364 g/mol. The Hall–Kier alpha value is -3.60. The van der Waals surface area contributed by atoms with Crippen molar-refractivity contribution < 1.29 is 14.3 Å². The van der Waals surface area contributed by atoms with Crippen LogP contribution in [-0.4, -0.2) is 11.8 Å². The van der Waals surface area contributed by atoms with Crippen LogP contribution in [0, 0.1) is 13.8 Å². The Morgan fingerprint density at radius 3 is 2.34 bits per heavy atom. The molecule has 0 spiro atoms. The predicted molar refractivity (Wildman–Crippen MR) is 115 cm³/mol. The summed E-state index contributed by atoms with van der Waals surface area (Å²) >= 11 is 0. The van der Waals surface area contributed by atoms with Crippen molar-refractivity contribution in [1.29, 1.82) is 0 Å². The van der Waals surface area contributed by atoms with Crippen LogP contribution in [-0.2, 0) is 11.4 Å². The van der Waals surface area contributed by atoms with Gasteiger partial charge in [-0.25, -0.2) is 0 Å². The topological polar surface area (TPSA) is 67.4 Å². The molecule has 5 nitrogen and oxygen atoms in total. The fraction of sp³-hybridized carbons (Fsp3) is 0.167. The van der Waals surface area contributed by atoms with Crippen LogP contribution in [0.3, 0.4) is 0 Å². The van der Waals surface area contributed by atoms with Gasteiger partial charge >= 0.3 is 0 Å². The molecule has 0 aliphatic rings. The van der Waals surface area contributed by atoms with E-state index in [1.165, 1.54) is 12.5 Å². The van der Waals surface area contributed by atoms with E-state index in [2.05, 4.69) is 16.7 Å². The Labute approximate surface area is 170 Å². The van der Waals surface area contributed by atoms with Crippen molar-refractivity contribution >= 4 is 23.2 Å². The minimum absolute atomic E-state index is 0.198. The van der Waals surface area contributed by atoms with Gasteiger partial charge in [0.15, 0.2) is 0 Å². The summed E-state index contributed by atoms with van der Waals surface area (Å²) in [6.45, 7) is 5.82. The number of aryl methyl sites for hydroxylation is 2. The average molecular weight is 388 g/mol. The summed E-state index contributed by atoms with van der Waals surface area (Å²) in [5.74, 6) is 0.143. The lowest BCUT2D eigenvalue weighted by Gasteiger charge is -2.13. The molecule has 0 saturated carbocycles. The number of carbonyl (C=O) groups excluding carboxylic acids is 2. The third-order valence-corrected chi connectivity index (χ3v) is 4.32. The van der Waals surface area contributed by atoms with Gasteiger partial charge in [0.1, 0.15) is 12.4 Å². The first-order chi connectivity index (χ1) is 13.9. The molecule has 0 aliphatic heterocycles. The molecule has 0 atom stereocenters. The molecule has 2 amide bonds. The van der Waals surface area contributed by atoms with E-state index in [1.807, 2.05) is 50.2 Å². The van der Waals surface area contributed by atoms with E-state index < -0.39 is 0 Å². The number of hydrogen-bond acceptors (Lipinski definition) is 3. The second-order valence-corrected chi connectivity index (χ2v) is 6.99. The van der Waals surface area contributed by atoms with Gasteiger partial charge in [-0.1, -0.05) is 42.0 Å². The molecular formula is C24H24N2O3. The predicted octanol–water partition coefficient (Wildman–Crippen LogP) is 5.09. The summed E-state index contributed by atoms with van der Waals surface area (Å²) < 4.78 is 5.85. The molecule has 148 valence electrons. The number of hydrogen-bond donors (Lipinski definition) is 2. The first-order valence-corrected chi connectivity index (χ1v) is 9.39. The Kier molecular flexibility index (Phi) is 6.29. The van der Waals surface area contributed by atoms with Gasteiger partial charge in [-0.15, -0.1) is 0 Å². The van der Waals surface area contributed by atoms with Crippen molar-refractivity contribution in [3.05, 3.63) is 89.0 Å². The Bertz CT molecular complexity index is 1040. The summed E-state index contributed by atoms with van der Waals surface area (Å²) in [5.41, 5.74) is 4.80. The van der Waals surface area contributed by atoms with E-state index in [1.54, 1.807) is 24.3 Å². The van der Waals surface area contributed by atoms with Crippen molar-refractivity contribution in [3.8, 4) is 5.75 Å². The second-order valence-electron chi connectivity index (χ2n) is 6.99. The Morgan fingerprint density at radius 2 is 1.59 bits per heavy atom. The lowest BCUT2D eigenvalue weighted by atomic mass is 10.1. The summed E-state index contributed by atoms with van der Waals surface area (Å²) in [6.07, 6.45) is 0. The SMILES string of the molecule is CC(=O)Nc1ccc(C)cc1NC(=O)c1cccc(OCc2cccc(C)c2)c1. The van der Waals surface area contributed by atoms with Gasteiger partial charge in [0, 0.05) is 12.5 Å². The first kappa shape index (κ1) is 20.1. The van der Waals surface area contributed by atoms with E-state index in [4.69, 9.17) is 4.74 Å². The van der Waals surface area contributed by atoms with Gasteiger partial charge in [-0.05, 0) is 55.3 Å². The maximum atomic E-state index is 12.8. The number of carbonyl (C=O) groups is 2. The highest BCUT2D eigenvalue weighted by Gasteiger charge is 2.11. The van der Waals surface area contributed by atoms with E-state index in [9.17, 15) is 9.59 Å². The molecule has 2 N–H and O–H groups in total. The van der Waals surface area contributed by atoms with E-state index in [0.29, 0.717) is 29.3 Å². The van der Waals surface area contributed by atoms with Gasteiger partial charge in [-0.3, -0.25) is 9.59 Å². The number of benzene rings is 3. The standard InChI is InChI=1S/C24H24N2O3/c1-16-6-4-7-19(12-16)15-29-21-9-5-8-20(14-21)24(28)26-23-13-17(2)10-11-22(23)25-18(3)27/h4-14H,15H2,1-3H3,(H,25,27)(H,26,28). The van der Waals surface area contributed by atoms with Crippen molar-refractivity contribution in [2.24, 2.45) is 0 Å². The van der Waals surface area contributed by atoms with Crippen LogP contribution in [0.25, 0.3) is 0 Å². The summed E-state index contributed by atoms with van der Waals surface area (Å²) in [4.78, 5) is 24.2. The summed E-state index contributed by atoms with van der Waals surface area (Å²) in [7, 11) is 0. The maximum Gasteiger partial charge on any atom is 0.255 e. The monoisotopic (exact) mass is 388 g/mol. The third kappa shape index (κ3) is 5.69. The Balaban J connectivity index is 1.73. The molecule has 0 bridgehead atoms. The molecule has 3 rings (SSSR count). The minimum atomic E-state index is -0.275. The van der Waals surface area contributed by atoms with E-state index >= 15 is 0 Å². The molecule has 0 aliphatic carbocycles. The van der Waals surface area contributed by atoms with Crippen LogP contribution in [0.4, 0.5) is 11.4 Å². The lowest BCUT2D eigenvalue weighted by Crippen LogP contribution is -2.15. The smallest absolute Gasteiger partial charge is 0.255 e. The van der Waals surface area contributed by atoms with Crippen molar-refractivity contribution in [3.63, 3.8) is 0 Å². The molecule has 0 saturated heterocycles.